The van der Waals surface area contributed by atoms with Crippen LogP contribution < -0.4 is 5.32 Å². The van der Waals surface area contributed by atoms with E-state index in [9.17, 15) is 0 Å². The molecule has 14 heavy (non-hydrogen) atoms. The van der Waals surface area contributed by atoms with Crippen molar-refractivity contribution in [2.75, 3.05) is 7.05 Å². The Morgan fingerprint density at radius 2 is 2.00 bits per heavy atom. The fourth-order valence-electron chi connectivity index (χ4n) is 1.48. The molecule has 1 nitrogen and oxygen atoms in total. The molecule has 1 N–H and O–H groups in total. The largest absolute Gasteiger partial charge is 0.317 e. The van der Waals surface area contributed by atoms with Crippen molar-refractivity contribution < 1.29 is 0 Å². The normalized spacial score (nSPS) is 14.1. The van der Waals surface area contributed by atoms with Crippen LogP contribution >= 0.6 is 0 Å². The van der Waals surface area contributed by atoms with Gasteiger partial charge in [0.25, 0.3) is 0 Å². The quantitative estimate of drug-likeness (QED) is 0.767. The highest BCUT2D eigenvalue weighted by Gasteiger charge is 1.98. The Morgan fingerprint density at radius 1 is 1.36 bits per heavy atom. The monoisotopic (exact) mass is 189 g/mol. The third-order valence-corrected chi connectivity index (χ3v) is 2.33. The van der Waals surface area contributed by atoms with Gasteiger partial charge in [-0.15, -0.1) is 0 Å². The highest BCUT2D eigenvalue weighted by Crippen LogP contribution is 2.10. The van der Waals surface area contributed by atoms with Crippen LogP contribution in [0.25, 0.3) is 6.08 Å². The van der Waals surface area contributed by atoms with Crippen molar-refractivity contribution in [3.05, 3.63) is 41.5 Å². The van der Waals surface area contributed by atoms with Crippen molar-refractivity contribution >= 4 is 6.08 Å². The Hall–Kier alpha value is -1.08. The second-order valence-corrected chi connectivity index (χ2v) is 3.80. The van der Waals surface area contributed by atoms with Crippen LogP contribution in [0.3, 0.4) is 0 Å². The molecular weight excluding hydrogens is 170 g/mol. The summed E-state index contributed by atoms with van der Waals surface area (Å²) >= 11 is 0. The maximum absolute atomic E-state index is 3.24. The van der Waals surface area contributed by atoms with E-state index in [2.05, 4.69) is 49.5 Å². The van der Waals surface area contributed by atoms with Crippen molar-refractivity contribution in [1.82, 2.24) is 5.32 Å². The fraction of sp³-hybridized carbons (Fsp3) is 0.385. The van der Waals surface area contributed by atoms with Gasteiger partial charge >= 0.3 is 0 Å². The van der Waals surface area contributed by atoms with Crippen molar-refractivity contribution in [2.45, 2.75) is 26.3 Å². The Labute approximate surface area is 86.8 Å². The molecule has 0 aliphatic heterocycles. The van der Waals surface area contributed by atoms with Gasteiger partial charge in [-0.05, 0) is 32.9 Å². The zero-order chi connectivity index (χ0) is 10.4. The summed E-state index contributed by atoms with van der Waals surface area (Å²) in [6.45, 7) is 4.38. The van der Waals surface area contributed by atoms with E-state index in [1.807, 2.05) is 13.1 Å². The van der Waals surface area contributed by atoms with E-state index in [1.165, 1.54) is 11.1 Å². The number of hydrogen-bond acceptors (Lipinski definition) is 1. The van der Waals surface area contributed by atoms with E-state index in [1.54, 1.807) is 0 Å². The third kappa shape index (κ3) is 3.75. The summed E-state index contributed by atoms with van der Waals surface area (Å²) in [4.78, 5) is 0. The molecule has 0 saturated heterocycles. The Bertz CT molecular complexity index is 287. The molecule has 1 aromatic rings. The van der Waals surface area contributed by atoms with Crippen molar-refractivity contribution in [3.63, 3.8) is 0 Å². The van der Waals surface area contributed by atoms with Gasteiger partial charge in [0.15, 0.2) is 0 Å². The molecule has 1 aromatic carbocycles. The molecule has 0 aliphatic carbocycles. The number of benzene rings is 1. The maximum atomic E-state index is 3.24. The summed E-state index contributed by atoms with van der Waals surface area (Å²) in [6, 6.07) is 11.0. The minimum Gasteiger partial charge on any atom is -0.317 e. The molecule has 0 spiro atoms. The number of nitrogens with one attached hydrogen (secondary N) is 1. The maximum Gasteiger partial charge on any atom is 0.00729 e. The molecule has 0 amide bonds. The highest BCUT2D eigenvalue weighted by atomic mass is 14.8. The molecule has 0 heterocycles. The zero-order valence-electron chi connectivity index (χ0n) is 9.25. The van der Waals surface area contributed by atoms with Gasteiger partial charge in [-0.3, -0.25) is 0 Å². The van der Waals surface area contributed by atoms with E-state index in [0.29, 0.717) is 6.04 Å². The molecule has 1 heteroatoms. The van der Waals surface area contributed by atoms with Crippen molar-refractivity contribution in [1.29, 1.82) is 0 Å². The van der Waals surface area contributed by atoms with Gasteiger partial charge in [-0.25, -0.2) is 0 Å². The minimum absolute atomic E-state index is 0.551. The van der Waals surface area contributed by atoms with Gasteiger partial charge in [-0.2, -0.15) is 0 Å². The molecule has 0 radical (unpaired) electrons. The van der Waals surface area contributed by atoms with E-state index < -0.39 is 0 Å². The molecule has 76 valence electrons. The molecule has 0 bridgehead atoms. The van der Waals surface area contributed by atoms with E-state index in [-0.39, 0.29) is 0 Å². The molecule has 0 aromatic heterocycles. The van der Waals surface area contributed by atoms with Gasteiger partial charge in [0, 0.05) is 6.04 Å². The van der Waals surface area contributed by atoms with Crippen molar-refractivity contribution in [3.8, 4) is 0 Å². The Kier molecular flexibility index (Phi) is 4.41. The fourth-order valence-corrected chi connectivity index (χ4v) is 1.48. The lowest BCUT2D eigenvalue weighted by Gasteiger charge is -2.09. The summed E-state index contributed by atoms with van der Waals surface area (Å²) in [5.41, 5.74) is 2.70. The molecule has 0 saturated carbocycles. The summed E-state index contributed by atoms with van der Waals surface area (Å²) in [5, 5.41) is 3.24. The van der Waals surface area contributed by atoms with E-state index in [4.69, 9.17) is 0 Å². The molecule has 1 rings (SSSR count). The summed E-state index contributed by atoms with van der Waals surface area (Å²) in [6.07, 6.45) is 3.35. The topological polar surface area (TPSA) is 12.0 Å². The number of hydrogen-bond donors (Lipinski definition) is 1. The average Bonchev–Trinajstić information content (AvgIpc) is 2.19. The lowest BCUT2D eigenvalue weighted by Crippen LogP contribution is -2.20. The van der Waals surface area contributed by atoms with Crippen LogP contribution in [0, 0.1) is 0 Å². The first-order chi connectivity index (χ1) is 6.72. The average molecular weight is 189 g/mol. The molecular formula is C13H19N. The smallest absolute Gasteiger partial charge is 0.00729 e. The summed E-state index contributed by atoms with van der Waals surface area (Å²) in [5.74, 6) is 0. The second-order valence-electron chi connectivity index (χ2n) is 3.80. The third-order valence-electron chi connectivity index (χ3n) is 2.33. The van der Waals surface area contributed by atoms with Gasteiger partial charge in [0.05, 0.1) is 0 Å². The standard InChI is InChI=1S/C13H19N/c1-11(9-12(2)14-3)10-13-7-5-4-6-8-13/h4-8,10,12,14H,9H2,1-3H3/b11-10+. The second kappa shape index (κ2) is 5.61. The van der Waals surface area contributed by atoms with Crippen LogP contribution in [0.1, 0.15) is 25.8 Å². The predicted molar refractivity (Wildman–Crippen MR) is 63.2 cm³/mol. The molecule has 1 atom stereocenters. The predicted octanol–water partition coefficient (Wildman–Crippen LogP) is 3.09. The minimum atomic E-state index is 0.551. The van der Waals surface area contributed by atoms with E-state index in [0.717, 1.165) is 6.42 Å². The first kappa shape index (κ1) is 11.0. The Balaban J connectivity index is 2.60. The van der Waals surface area contributed by atoms with Gasteiger partial charge < -0.3 is 5.32 Å². The highest BCUT2D eigenvalue weighted by molar-refractivity contribution is 5.52. The Morgan fingerprint density at radius 3 is 2.57 bits per heavy atom. The van der Waals surface area contributed by atoms with Crippen LogP contribution in [0.2, 0.25) is 0 Å². The van der Waals surface area contributed by atoms with Crippen molar-refractivity contribution in [2.24, 2.45) is 0 Å². The molecule has 0 aliphatic rings. The number of rotatable bonds is 4. The first-order valence-electron chi connectivity index (χ1n) is 5.12. The lowest BCUT2D eigenvalue weighted by atomic mass is 10.1. The molecule has 1 unspecified atom stereocenters. The van der Waals surface area contributed by atoms with Gasteiger partial charge in [0.1, 0.15) is 0 Å². The molecule has 0 fully saturated rings. The van der Waals surface area contributed by atoms with Crippen LogP contribution in [0.4, 0.5) is 0 Å². The van der Waals surface area contributed by atoms with Gasteiger partial charge in [-0.1, -0.05) is 42.0 Å². The van der Waals surface area contributed by atoms with Crippen LogP contribution in [-0.2, 0) is 0 Å². The first-order valence-corrected chi connectivity index (χ1v) is 5.12. The summed E-state index contributed by atoms with van der Waals surface area (Å²) < 4.78 is 0. The van der Waals surface area contributed by atoms with Gasteiger partial charge in [0.2, 0.25) is 0 Å². The van der Waals surface area contributed by atoms with Crippen LogP contribution in [-0.4, -0.2) is 13.1 Å². The van der Waals surface area contributed by atoms with Crippen LogP contribution in [0.5, 0.6) is 0 Å². The lowest BCUT2D eigenvalue weighted by molar-refractivity contribution is 0.607. The zero-order valence-corrected chi connectivity index (χ0v) is 9.25. The summed E-state index contributed by atoms with van der Waals surface area (Å²) in [7, 11) is 2.00. The van der Waals surface area contributed by atoms with E-state index >= 15 is 0 Å². The SMILES string of the molecule is CNC(C)C/C(C)=C/c1ccccc1. The van der Waals surface area contributed by atoms with Crippen LogP contribution in [0.15, 0.2) is 35.9 Å².